The lowest BCUT2D eigenvalue weighted by Crippen LogP contribution is -2.50. The molecule has 1 amide bonds. The summed E-state index contributed by atoms with van der Waals surface area (Å²) in [5, 5.41) is 13.0. The lowest BCUT2D eigenvalue weighted by molar-refractivity contribution is -0.141. The number of nitrogens with zero attached hydrogens (tertiary/aromatic N) is 1. The minimum absolute atomic E-state index is 0.178. The monoisotopic (exact) mass is 224 g/mol. The molecule has 3 rings (SSSR count). The Bertz CT molecular complexity index is 275. The minimum Gasteiger partial charge on any atom is -0.393 e. The van der Waals surface area contributed by atoms with E-state index in [1.807, 2.05) is 0 Å². The summed E-state index contributed by atoms with van der Waals surface area (Å²) in [4.78, 5) is 14.5. The number of fused-ring (bicyclic) bond motifs is 2. The van der Waals surface area contributed by atoms with Crippen LogP contribution in [-0.2, 0) is 4.79 Å². The zero-order valence-corrected chi connectivity index (χ0v) is 9.56. The summed E-state index contributed by atoms with van der Waals surface area (Å²) >= 11 is 0. The second-order valence-corrected chi connectivity index (χ2v) is 5.45. The van der Waals surface area contributed by atoms with Crippen LogP contribution in [0, 0.1) is 5.92 Å². The predicted octanol–water partition coefficient (Wildman–Crippen LogP) is 0.110. The molecular weight excluding hydrogens is 204 g/mol. The Morgan fingerprint density at radius 3 is 2.44 bits per heavy atom. The molecule has 90 valence electrons. The van der Waals surface area contributed by atoms with E-state index in [1.165, 1.54) is 0 Å². The number of piperidine rings is 1. The van der Waals surface area contributed by atoms with Crippen LogP contribution in [0.3, 0.4) is 0 Å². The van der Waals surface area contributed by atoms with Gasteiger partial charge in [-0.15, -0.1) is 0 Å². The van der Waals surface area contributed by atoms with E-state index in [2.05, 4.69) is 10.2 Å². The fraction of sp³-hybridized carbons (Fsp3) is 0.917. The average Bonchev–Trinajstić information content (AvgIpc) is 2.85. The van der Waals surface area contributed by atoms with Crippen molar-refractivity contribution in [2.24, 2.45) is 5.92 Å². The Balaban J connectivity index is 1.72. The van der Waals surface area contributed by atoms with Gasteiger partial charge in [0.15, 0.2) is 0 Å². The molecule has 0 spiro atoms. The first-order chi connectivity index (χ1) is 7.75. The Labute approximate surface area is 96.0 Å². The summed E-state index contributed by atoms with van der Waals surface area (Å²) in [5.41, 5.74) is 0. The van der Waals surface area contributed by atoms with Crippen molar-refractivity contribution in [2.75, 3.05) is 13.1 Å². The lowest BCUT2D eigenvalue weighted by Gasteiger charge is -2.38. The van der Waals surface area contributed by atoms with Crippen molar-refractivity contribution in [1.29, 1.82) is 0 Å². The van der Waals surface area contributed by atoms with Crippen LogP contribution in [0.25, 0.3) is 0 Å². The molecule has 16 heavy (non-hydrogen) atoms. The van der Waals surface area contributed by atoms with E-state index in [9.17, 15) is 9.90 Å². The molecule has 3 unspecified atom stereocenters. The van der Waals surface area contributed by atoms with Gasteiger partial charge >= 0.3 is 0 Å². The summed E-state index contributed by atoms with van der Waals surface area (Å²) in [6.45, 7) is 1.82. The van der Waals surface area contributed by atoms with Crippen molar-refractivity contribution in [3.63, 3.8) is 0 Å². The van der Waals surface area contributed by atoms with E-state index in [1.54, 1.807) is 0 Å². The first-order valence-corrected chi connectivity index (χ1v) is 6.46. The van der Waals surface area contributed by atoms with E-state index in [-0.39, 0.29) is 12.0 Å². The molecule has 0 radical (unpaired) electrons. The van der Waals surface area contributed by atoms with Crippen molar-refractivity contribution in [3.05, 3.63) is 0 Å². The second-order valence-electron chi connectivity index (χ2n) is 5.45. The SMILES string of the molecule is O=C(C1CCNC1)N1C2CCC1CC(O)C2. The Morgan fingerprint density at radius 2 is 1.88 bits per heavy atom. The summed E-state index contributed by atoms with van der Waals surface area (Å²) in [7, 11) is 0. The largest absolute Gasteiger partial charge is 0.393 e. The maximum absolute atomic E-state index is 12.4. The van der Waals surface area contributed by atoms with Crippen LogP contribution in [0.2, 0.25) is 0 Å². The number of aliphatic hydroxyl groups is 1. The molecule has 0 aromatic heterocycles. The van der Waals surface area contributed by atoms with E-state index in [0.717, 1.165) is 45.2 Å². The molecule has 4 heteroatoms. The molecule has 3 heterocycles. The van der Waals surface area contributed by atoms with Crippen LogP contribution in [0.15, 0.2) is 0 Å². The molecule has 3 aliphatic rings. The molecule has 4 nitrogen and oxygen atoms in total. The van der Waals surface area contributed by atoms with Crippen LogP contribution < -0.4 is 5.32 Å². The Hall–Kier alpha value is -0.610. The van der Waals surface area contributed by atoms with Gasteiger partial charge in [-0.25, -0.2) is 0 Å². The van der Waals surface area contributed by atoms with Crippen molar-refractivity contribution < 1.29 is 9.90 Å². The van der Waals surface area contributed by atoms with Gasteiger partial charge in [0.25, 0.3) is 0 Å². The lowest BCUT2D eigenvalue weighted by atomic mass is 9.97. The molecule has 3 atom stereocenters. The van der Waals surface area contributed by atoms with Crippen LogP contribution in [0.5, 0.6) is 0 Å². The van der Waals surface area contributed by atoms with Crippen molar-refractivity contribution in [2.45, 2.75) is 50.3 Å². The maximum atomic E-state index is 12.4. The zero-order chi connectivity index (χ0) is 11.1. The second kappa shape index (κ2) is 4.00. The molecule has 3 aliphatic heterocycles. The quantitative estimate of drug-likeness (QED) is 0.664. The highest BCUT2D eigenvalue weighted by atomic mass is 16.3. The third-order valence-corrected chi connectivity index (χ3v) is 4.37. The van der Waals surface area contributed by atoms with E-state index in [4.69, 9.17) is 0 Å². The van der Waals surface area contributed by atoms with Crippen molar-refractivity contribution in [3.8, 4) is 0 Å². The average molecular weight is 224 g/mol. The molecule has 3 saturated heterocycles. The van der Waals surface area contributed by atoms with Crippen LogP contribution >= 0.6 is 0 Å². The first-order valence-electron chi connectivity index (χ1n) is 6.46. The number of carbonyl (C=O) groups excluding carboxylic acids is 1. The number of nitrogens with one attached hydrogen (secondary N) is 1. The molecule has 2 bridgehead atoms. The fourth-order valence-electron chi connectivity index (χ4n) is 3.58. The topological polar surface area (TPSA) is 52.6 Å². The number of rotatable bonds is 1. The van der Waals surface area contributed by atoms with Crippen molar-refractivity contribution >= 4 is 5.91 Å². The fourth-order valence-corrected chi connectivity index (χ4v) is 3.58. The third-order valence-electron chi connectivity index (χ3n) is 4.37. The number of carbonyl (C=O) groups is 1. The Morgan fingerprint density at radius 1 is 1.19 bits per heavy atom. The van der Waals surface area contributed by atoms with Gasteiger partial charge in [0, 0.05) is 18.6 Å². The van der Waals surface area contributed by atoms with Gasteiger partial charge in [0.2, 0.25) is 5.91 Å². The highest BCUT2D eigenvalue weighted by Crippen LogP contribution is 2.37. The molecule has 0 aliphatic carbocycles. The molecule has 3 fully saturated rings. The van der Waals surface area contributed by atoms with Crippen LogP contribution in [0.1, 0.15) is 32.1 Å². The van der Waals surface area contributed by atoms with E-state index in [0.29, 0.717) is 18.0 Å². The smallest absolute Gasteiger partial charge is 0.227 e. The first kappa shape index (κ1) is 10.5. The van der Waals surface area contributed by atoms with Gasteiger partial charge in [0.1, 0.15) is 0 Å². The highest BCUT2D eigenvalue weighted by molar-refractivity contribution is 5.80. The highest BCUT2D eigenvalue weighted by Gasteiger charge is 2.44. The van der Waals surface area contributed by atoms with Crippen molar-refractivity contribution in [1.82, 2.24) is 10.2 Å². The summed E-state index contributed by atoms with van der Waals surface area (Å²) < 4.78 is 0. The number of hydrogen-bond acceptors (Lipinski definition) is 3. The third kappa shape index (κ3) is 1.64. The van der Waals surface area contributed by atoms with Gasteiger partial charge in [-0.3, -0.25) is 4.79 Å². The van der Waals surface area contributed by atoms with Crippen LogP contribution in [-0.4, -0.2) is 47.2 Å². The Kier molecular flexibility index (Phi) is 2.64. The number of hydrogen-bond donors (Lipinski definition) is 2. The van der Waals surface area contributed by atoms with E-state index < -0.39 is 0 Å². The summed E-state index contributed by atoms with van der Waals surface area (Å²) in [5.74, 6) is 0.530. The van der Waals surface area contributed by atoms with Gasteiger partial charge < -0.3 is 15.3 Å². The maximum Gasteiger partial charge on any atom is 0.227 e. The minimum atomic E-state index is -0.178. The van der Waals surface area contributed by atoms with Gasteiger partial charge in [-0.1, -0.05) is 0 Å². The van der Waals surface area contributed by atoms with Gasteiger partial charge in [-0.2, -0.15) is 0 Å². The zero-order valence-electron chi connectivity index (χ0n) is 9.56. The molecule has 0 saturated carbocycles. The van der Waals surface area contributed by atoms with Crippen LogP contribution in [0.4, 0.5) is 0 Å². The van der Waals surface area contributed by atoms with E-state index >= 15 is 0 Å². The number of aliphatic hydroxyl groups excluding tert-OH is 1. The summed E-state index contributed by atoms with van der Waals surface area (Å²) in [6.07, 6.45) is 4.58. The van der Waals surface area contributed by atoms with Gasteiger partial charge in [-0.05, 0) is 38.6 Å². The molecule has 0 aromatic rings. The standard InChI is InChI=1S/C12H20N2O2/c15-11-5-9-1-2-10(6-11)14(9)12(16)8-3-4-13-7-8/h8-11,13,15H,1-7H2. The molecule has 0 aromatic carbocycles. The molecule has 2 N–H and O–H groups in total. The normalized spacial score (nSPS) is 42.7. The number of amides is 1. The predicted molar refractivity (Wildman–Crippen MR) is 59.9 cm³/mol. The molecular formula is C12H20N2O2. The summed E-state index contributed by atoms with van der Waals surface area (Å²) in [6, 6.07) is 0.642. The van der Waals surface area contributed by atoms with Gasteiger partial charge in [0.05, 0.1) is 12.0 Å².